The third kappa shape index (κ3) is 2.78. The number of hydrogen-bond acceptors (Lipinski definition) is 3. The van der Waals surface area contributed by atoms with Gasteiger partial charge in [-0.15, -0.1) is 0 Å². The predicted octanol–water partition coefficient (Wildman–Crippen LogP) is 3.22. The van der Waals surface area contributed by atoms with E-state index in [-0.39, 0.29) is 6.04 Å². The van der Waals surface area contributed by atoms with Crippen LogP contribution in [0.15, 0.2) is 47.5 Å². The first-order chi connectivity index (χ1) is 10.5. The highest BCUT2D eigenvalue weighted by atomic mass is 32.2. The minimum Gasteiger partial charge on any atom is -0.262 e. The number of rotatable bonds is 3. The fraction of sp³-hybridized carbons (Fsp3) is 0.353. The van der Waals surface area contributed by atoms with Gasteiger partial charge in [-0.3, -0.25) is 4.98 Å². The number of pyridine rings is 1. The molecular weight excluding hydrogens is 296 g/mol. The van der Waals surface area contributed by atoms with Crippen LogP contribution in [0, 0.1) is 13.8 Å². The van der Waals surface area contributed by atoms with Crippen molar-refractivity contribution in [2.24, 2.45) is 0 Å². The molecule has 1 aromatic carbocycles. The van der Waals surface area contributed by atoms with E-state index in [9.17, 15) is 8.42 Å². The van der Waals surface area contributed by atoms with Crippen LogP contribution in [0.25, 0.3) is 0 Å². The number of aryl methyl sites for hydroxylation is 2. The monoisotopic (exact) mass is 316 g/mol. The molecule has 1 aromatic heterocycles. The number of sulfonamides is 1. The Morgan fingerprint density at radius 2 is 1.86 bits per heavy atom. The SMILES string of the molecule is Cc1ccc(S(=O)(=O)N2CCCC2c2ccnc(C)c2)cc1. The summed E-state index contributed by atoms with van der Waals surface area (Å²) in [6.07, 6.45) is 3.49. The number of nitrogens with zero attached hydrogens (tertiary/aromatic N) is 2. The van der Waals surface area contributed by atoms with Gasteiger partial charge < -0.3 is 0 Å². The third-order valence-electron chi connectivity index (χ3n) is 4.14. The average molecular weight is 316 g/mol. The van der Waals surface area contributed by atoms with Crippen LogP contribution >= 0.6 is 0 Å². The summed E-state index contributed by atoms with van der Waals surface area (Å²) < 4.78 is 27.5. The molecule has 3 rings (SSSR count). The van der Waals surface area contributed by atoms with Crippen molar-refractivity contribution in [3.05, 3.63) is 59.4 Å². The van der Waals surface area contributed by atoms with Crippen LogP contribution in [0.4, 0.5) is 0 Å². The van der Waals surface area contributed by atoms with E-state index in [4.69, 9.17) is 0 Å². The number of hydrogen-bond donors (Lipinski definition) is 0. The lowest BCUT2D eigenvalue weighted by Crippen LogP contribution is -2.30. The van der Waals surface area contributed by atoms with E-state index in [1.54, 1.807) is 22.6 Å². The van der Waals surface area contributed by atoms with E-state index in [1.165, 1.54) is 0 Å². The van der Waals surface area contributed by atoms with Crippen molar-refractivity contribution in [2.75, 3.05) is 6.54 Å². The Morgan fingerprint density at radius 1 is 1.14 bits per heavy atom. The van der Waals surface area contributed by atoms with Crippen molar-refractivity contribution in [3.63, 3.8) is 0 Å². The highest BCUT2D eigenvalue weighted by Crippen LogP contribution is 2.36. The van der Waals surface area contributed by atoms with Gasteiger partial charge in [0.2, 0.25) is 10.0 Å². The Labute approximate surface area is 131 Å². The molecule has 0 saturated carbocycles. The fourth-order valence-corrected chi connectivity index (χ4v) is 4.66. The molecule has 1 fully saturated rings. The van der Waals surface area contributed by atoms with Crippen LogP contribution in [-0.2, 0) is 10.0 Å². The van der Waals surface area contributed by atoms with E-state index < -0.39 is 10.0 Å². The molecule has 0 bridgehead atoms. The van der Waals surface area contributed by atoms with E-state index in [0.29, 0.717) is 11.4 Å². The molecule has 1 unspecified atom stereocenters. The zero-order chi connectivity index (χ0) is 15.7. The predicted molar refractivity (Wildman–Crippen MR) is 86.0 cm³/mol. The van der Waals surface area contributed by atoms with Crippen molar-refractivity contribution in [2.45, 2.75) is 37.6 Å². The topological polar surface area (TPSA) is 50.3 Å². The number of benzene rings is 1. The highest BCUT2D eigenvalue weighted by molar-refractivity contribution is 7.89. The second-order valence-electron chi connectivity index (χ2n) is 5.82. The van der Waals surface area contributed by atoms with Gasteiger partial charge >= 0.3 is 0 Å². The lowest BCUT2D eigenvalue weighted by atomic mass is 10.1. The fourth-order valence-electron chi connectivity index (χ4n) is 2.98. The Morgan fingerprint density at radius 3 is 2.55 bits per heavy atom. The first kappa shape index (κ1) is 15.2. The molecule has 0 radical (unpaired) electrons. The third-order valence-corrected chi connectivity index (χ3v) is 6.06. The standard InChI is InChI=1S/C17H20N2O2S/c1-13-5-7-16(8-6-13)22(20,21)19-11-3-4-17(19)15-9-10-18-14(2)12-15/h5-10,12,17H,3-4,11H2,1-2H3. The zero-order valence-electron chi connectivity index (χ0n) is 12.9. The largest absolute Gasteiger partial charge is 0.262 e. The van der Waals surface area contributed by atoms with Gasteiger partial charge in [0.15, 0.2) is 0 Å². The van der Waals surface area contributed by atoms with Crippen LogP contribution in [0.3, 0.4) is 0 Å². The van der Waals surface area contributed by atoms with E-state index >= 15 is 0 Å². The van der Waals surface area contributed by atoms with Crippen molar-refractivity contribution >= 4 is 10.0 Å². The van der Waals surface area contributed by atoms with E-state index in [1.807, 2.05) is 38.1 Å². The molecule has 2 aromatic rings. The molecule has 116 valence electrons. The van der Waals surface area contributed by atoms with Crippen molar-refractivity contribution in [1.29, 1.82) is 0 Å². The van der Waals surface area contributed by atoms with Crippen molar-refractivity contribution < 1.29 is 8.42 Å². The smallest absolute Gasteiger partial charge is 0.243 e. The molecule has 4 nitrogen and oxygen atoms in total. The normalized spacial score (nSPS) is 19.5. The molecule has 1 atom stereocenters. The van der Waals surface area contributed by atoms with Crippen molar-refractivity contribution in [3.8, 4) is 0 Å². The lowest BCUT2D eigenvalue weighted by Gasteiger charge is -2.24. The zero-order valence-corrected chi connectivity index (χ0v) is 13.7. The quantitative estimate of drug-likeness (QED) is 0.873. The summed E-state index contributed by atoms with van der Waals surface area (Å²) in [6.45, 7) is 4.45. The maximum Gasteiger partial charge on any atom is 0.243 e. The van der Waals surface area contributed by atoms with Crippen LogP contribution in [0.2, 0.25) is 0 Å². The average Bonchev–Trinajstić information content (AvgIpc) is 2.98. The molecule has 0 amide bonds. The molecule has 1 saturated heterocycles. The Bertz CT molecular complexity index is 770. The first-order valence-corrected chi connectivity index (χ1v) is 8.93. The maximum absolute atomic E-state index is 12.9. The molecular formula is C17H20N2O2S. The summed E-state index contributed by atoms with van der Waals surface area (Å²) in [6, 6.07) is 10.9. The van der Waals surface area contributed by atoms with Gasteiger partial charge in [-0.25, -0.2) is 8.42 Å². The van der Waals surface area contributed by atoms with Gasteiger partial charge in [-0.2, -0.15) is 4.31 Å². The van der Waals surface area contributed by atoms with Gasteiger partial charge in [0, 0.05) is 18.4 Å². The highest BCUT2D eigenvalue weighted by Gasteiger charge is 2.36. The van der Waals surface area contributed by atoms with Crippen LogP contribution in [-0.4, -0.2) is 24.3 Å². The second kappa shape index (κ2) is 5.82. The summed E-state index contributed by atoms with van der Waals surface area (Å²) in [5.41, 5.74) is 3.00. The van der Waals surface area contributed by atoms with E-state index in [0.717, 1.165) is 29.7 Å². The summed E-state index contributed by atoms with van der Waals surface area (Å²) >= 11 is 0. The molecule has 0 N–H and O–H groups in total. The maximum atomic E-state index is 12.9. The molecule has 0 spiro atoms. The Kier molecular flexibility index (Phi) is 4.02. The van der Waals surface area contributed by atoms with Crippen LogP contribution < -0.4 is 0 Å². The molecule has 5 heteroatoms. The molecule has 1 aliphatic heterocycles. The molecule has 0 aliphatic carbocycles. The Hall–Kier alpha value is -1.72. The second-order valence-corrected chi connectivity index (χ2v) is 7.71. The summed E-state index contributed by atoms with van der Waals surface area (Å²) in [5, 5.41) is 0. The van der Waals surface area contributed by atoms with Gasteiger partial charge in [-0.05, 0) is 56.5 Å². The molecule has 1 aliphatic rings. The minimum atomic E-state index is -3.45. The number of aromatic nitrogens is 1. The summed E-state index contributed by atoms with van der Waals surface area (Å²) in [7, 11) is -3.45. The van der Waals surface area contributed by atoms with Gasteiger partial charge in [0.25, 0.3) is 0 Å². The van der Waals surface area contributed by atoms with Crippen LogP contribution in [0.1, 0.15) is 35.7 Å². The van der Waals surface area contributed by atoms with Gasteiger partial charge in [-0.1, -0.05) is 17.7 Å². The summed E-state index contributed by atoms with van der Waals surface area (Å²) in [5.74, 6) is 0. The Balaban J connectivity index is 1.97. The van der Waals surface area contributed by atoms with Crippen LogP contribution in [0.5, 0.6) is 0 Å². The molecule has 2 heterocycles. The molecule has 22 heavy (non-hydrogen) atoms. The minimum absolute atomic E-state index is 0.0898. The lowest BCUT2D eigenvalue weighted by molar-refractivity contribution is 0.396. The summed E-state index contributed by atoms with van der Waals surface area (Å²) in [4.78, 5) is 4.57. The van der Waals surface area contributed by atoms with Gasteiger partial charge in [0.1, 0.15) is 0 Å². The van der Waals surface area contributed by atoms with E-state index in [2.05, 4.69) is 4.98 Å². The van der Waals surface area contributed by atoms with Gasteiger partial charge in [0.05, 0.1) is 10.9 Å². The van der Waals surface area contributed by atoms with Crippen molar-refractivity contribution in [1.82, 2.24) is 9.29 Å². The first-order valence-electron chi connectivity index (χ1n) is 7.49.